The Morgan fingerprint density at radius 1 is 1.00 bits per heavy atom. The molecule has 0 spiro atoms. The molecule has 1 N–H and O–H groups in total. The molecular formula is C25H18BrFN2O3. The highest BCUT2D eigenvalue weighted by Crippen LogP contribution is 2.26. The summed E-state index contributed by atoms with van der Waals surface area (Å²) in [5.74, 6) is -1.81. The number of imide groups is 2. The molecule has 5 nitrogen and oxygen atoms in total. The number of halogens is 2. The van der Waals surface area contributed by atoms with Crippen LogP contribution >= 0.6 is 15.9 Å². The molecule has 0 unspecified atom stereocenters. The van der Waals surface area contributed by atoms with E-state index in [4.69, 9.17) is 0 Å². The lowest BCUT2D eigenvalue weighted by atomic mass is 9.97. The van der Waals surface area contributed by atoms with Crippen molar-refractivity contribution in [3.8, 4) is 0 Å². The molecule has 0 saturated carbocycles. The van der Waals surface area contributed by atoms with Crippen LogP contribution in [0.2, 0.25) is 0 Å². The summed E-state index contributed by atoms with van der Waals surface area (Å²) in [6.45, 7) is 1.89. The van der Waals surface area contributed by atoms with Gasteiger partial charge in [0.1, 0.15) is 11.4 Å². The molecule has 0 radical (unpaired) electrons. The van der Waals surface area contributed by atoms with E-state index in [1.165, 1.54) is 18.2 Å². The average Bonchev–Trinajstić information content (AvgIpc) is 2.74. The average molecular weight is 493 g/mol. The van der Waals surface area contributed by atoms with E-state index >= 15 is 0 Å². The van der Waals surface area contributed by atoms with Gasteiger partial charge in [0.25, 0.3) is 11.8 Å². The van der Waals surface area contributed by atoms with Crippen LogP contribution in [0.25, 0.3) is 6.08 Å². The largest absolute Gasteiger partial charge is 0.335 e. The van der Waals surface area contributed by atoms with E-state index in [1.807, 2.05) is 19.1 Å². The van der Waals surface area contributed by atoms with Gasteiger partial charge in [-0.15, -0.1) is 0 Å². The first-order valence-electron chi connectivity index (χ1n) is 9.83. The van der Waals surface area contributed by atoms with E-state index in [-0.39, 0.29) is 11.4 Å². The van der Waals surface area contributed by atoms with Crippen LogP contribution in [-0.2, 0) is 16.0 Å². The molecule has 3 aromatic carbocycles. The Morgan fingerprint density at radius 3 is 2.47 bits per heavy atom. The van der Waals surface area contributed by atoms with E-state index < -0.39 is 17.8 Å². The standard InChI is InChI=1S/C25H18BrFN2O3/c1-15-5-9-21(10-6-15)29-24(31)22(23(30)28-25(29)32)14-18-13-19(26)8-7-17(18)11-16-3-2-4-20(27)12-16/h2-10,12-14H,11H2,1H3,(H,28,30,32)/b22-14+. The molecule has 1 fully saturated rings. The third-order valence-electron chi connectivity index (χ3n) is 5.09. The summed E-state index contributed by atoms with van der Waals surface area (Å²) in [4.78, 5) is 39.0. The second kappa shape index (κ2) is 8.88. The minimum absolute atomic E-state index is 0.163. The van der Waals surface area contributed by atoms with Crippen LogP contribution in [0, 0.1) is 12.7 Å². The van der Waals surface area contributed by atoms with E-state index in [2.05, 4.69) is 21.2 Å². The second-order valence-corrected chi connectivity index (χ2v) is 8.36. The second-order valence-electron chi connectivity index (χ2n) is 7.44. The number of carbonyl (C=O) groups excluding carboxylic acids is 3. The molecule has 1 aliphatic rings. The van der Waals surface area contributed by atoms with Crippen LogP contribution < -0.4 is 10.2 Å². The van der Waals surface area contributed by atoms with Crippen LogP contribution in [-0.4, -0.2) is 17.8 Å². The number of rotatable bonds is 4. The number of anilines is 1. The predicted molar refractivity (Wildman–Crippen MR) is 124 cm³/mol. The number of hydrogen-bond acceptors (Lipinski definition) is 3. The van der Waals surface area contributed by atoms with E-state index in [0.717, 1.165) is 26.1 Å². The Bertz CT molecular complexity index is 1270. The third-order valence-corrected chi connectivity index (χ3v) is 5.58. The van der Waals surface area contributed by atoms with Crippen molar-refractivity contribution in [2.45, 2.75) is 13.3 Å². The molecule has 1 aliphatic heterocycles. The summed E-state index contributed by atoms with van der Waals surface area (Å²) in [5.41, 5.74) is 3.34. The number of aryl methyl sites for hydroxylation is 1. The van der Waals surface area contributed by atoms with Crippen LogP contribution in [0.15, 0.2) is 76.8 Å². The fourth-order valence-electron chi connectivity index (χ4n) is 3.47. The van der Waals surface area contributed by atoms with Gasteiger partial charge in [0.15, 0.2) is 0 Å². The number of hydrogen-bond donors (Lipinski definition) is 1. The smallest absolute Gasteiger partial charge is 0.273 e. The topological polar surface area (TPSA) is 66.5 Å². The van der Waals surface area contributed by atoms with Crippen LogP contribution in [0.1, 0.15) is 22.3 Å². The summed E-state index contributed by atoms with van der Waals surface area (Å²) in [5, 5.41) is 2.23. The SMILES string of the molecule is Cc1ccc(N2C(=O)NC(=O)/C(=C\c3cc(Br)ccc3Cc3cccc(F)c3)C2=O)cc1. The molecule has 1 saturated heterocycles. The van der Waals surface area contributed by atoms with Crippen molar-refractivity contribution in [3.05, 3.63) is 105 Å². The molecule has 7 heteroatoms. The Hall–Kier alpha value is -3.58. The Labute approximate surface area is 192 Å². The van der Waals surface area contributed by atoms with Gasteiger partial charge >= 0.3 is 6.03 Å². The van der Waals surface area contributed by atoms with Crippen LogP contribution in [0.3, 0.4) is 0 Å². The fraction of sp³-hybridized carbons (Fsp3) is 0.0800. The Balaban J connectivity index is 1.74. The quantitative estimate of drug-likeness (QED) is 0.404. The summed E-state index contributed by atoms with van der Waals surface area (Å²) < 4.78 is 14.4. The van der Waals surface area contributed by atoms with Gasteiger partial charge in [0.2, 0.25) is 0 Å². The molecule has 160 valence electrons. The number of urea groups is 1. The fourth-order valence-corrected chi connectivity index (χ4v) is 3.85. The number of barbiturate groups is 1. The van der Waals surface area contributed by atoms with E-state index in [9.17, 15) is 18.8 Å². The minimum Gasteiger partial charge on any atom is -0.273 e. The first-order chi connectivity index (χ1) is 15.3. The first kappa shape index (κ1) is 21.6. The number of carbonyl (C=O) groups is 3. The van der Waals surface area contributed by atoms with Gasteiger partial charge in [0, 0.05) is 4.47 Å². The van der Waals surface area contributed by atoms with Gasteiger partial charge in [-0.05, 0) is 72.5 Å². The van der Waals surface area contributed by atoms with Gasteiger partial charge in [-0.25, -0.2) is 14.1 Å². The molecule has 3 aromatic rings. The van der Waals surface area contributed by atoms with Crippen molar-refractivity contribution in [3.63, 3.8) is 0 Å². The highest BCUT2D eigenvalue weighted by Gasteiger charge is 2.36. The summed E-state index contributed by atoms with van der Waals surface area (Å²) in [6, 6.07) is 17.8. The van der Waals surface area contributed by atoms with Gasteiger partial charge in [-0.1, -0.05) is 51.8 Å². The lowest BCUT2D eigenvalue weighted by molar-refractivity contribution is -0.122. The van der Waals surface area contributed by atoms with Gasteiger partial charge < -0.3 is 0 Å². The molecule has 0 atom stereocenters. The Morgan fingerprint density at radius 2 is 1.75 bits per heavy atom. The van der Waals surface area contributed by atoms with Crippen LogP contribution in [0.4, 0.5) is 14.9 Å². The minimum atomic E-state index is -0.796. The number of amides is 4. The number of nitrogens with zero attached hydrogens (tertiary/aromatic N) is 1. The van der Waals surface area contributed by atoms with Gasteiger partial charge in [0.05, 0.1) is 5.69 Å². The van der Waals surface area contributed by atoms with Crippen molar-refractivity contribution in [2.24, 2.45) is 0 Å². The van der Waals surface area contributed by atoms with Crippen molar-refractivity contribution in [1.29, 1.82) is 0 Å². The summed E-state index contributed by atoms with van der Waals surface area (Å²) in [6.07, 6.45) is 1.87. The zero-order chi connectivity index (χ0) is 22.8. The van der Waals surface area contributed by atoms with E-state index in [0.29, 0.717) is 17.7 Å². The monoisotopic (exact) mass is 492 g/mol. The molecule has 1 heterocycles. The molecular weight excluding hydrogens is 475 g/mol. The number of benzene rings is 3. The highest BCUT2D eigenvalue weighted by atomic mass is 79.9. The number of nitrogens with one attached hydrogen (secondary N) is 1. The van der Waals surface area contributed by atoms with E-state index in [1.54, 1.807) is 42.5 Å². The Kier molecular flexibility index (Phi) is 6.01. The van der Waals surface area contributed by atoms with Crippen molar-refractivity contribution >= 4 is 45.5 Å². The zero-order valence-corrected chi connectivity index (χ0v) is 18.6. The molecule has 0 aromatic heterocycles. The maximum atomic E-state index is 13.6. The van der Waals surface area contributed by atoms with Crippen molar-refractivity contribution in [2.75, 3.05) is 4.90 Å². The lowest BCUT2D eigenvalue weighted by Crippen LogP contribution is -2.54. The van der Waals surface area contributed by atoms with Crippen molar-refractivity contribution < 1.29 is 18.8 Å². The molecule has 0 aliphatic carbocycles. The zero-order valence-electron chi connectivity index (χ0n) is 17.1. The normalized spacial score (nSPS) is 15.3. The maximum Gasteiger partial charge on any atom is 0.335 e. The summed E-state index contributed by atoms with van der Waals surface area (Å²) in [7, 11) is 0. The predicted octanol–water partition coefficient (Wildman–Crippen LogP) is 5.15. The third kappa shape index (κ3) is 4.53. The molecule has 4 amide bonds. The molecule has 0 bridgehead atoms. The maximum absolute atomic E-state index is 13.6. The van der Waals surface area contributed by atoms with Gasteiger partial charge in [-0.3, -0.25) is 14.9 Å². The molecule has 32 heavy (non-hydrogen) atoms. The first-order valence-corrected chi connectivity index (χ1v) is 10.6. The highest BCUT2D eigenvalue weighted by molar-refractivity contribution is 9.10. The van der Waals surface area contributed by atoms with Crippen LogP contribution in [0.5, 0.6) is 0 Å². The van der Waals surface area contributed by atoms with Crippen molar-refractivity contribution in [1.82, 2.24) is 5.32 Å². The lowest BCUT2D eigenvalue weighted by Gasteiger charge is -2.26. The summed E-state index contributed by atoms with van der Waals surface area (Å²) >= 11 is 3.41. The molecule has 4 rings (SSSR count). The van der Waals surface area contributed by atoms with Gasteiger partial charge in [-0.2, -0.15) is 0 Å².